The maximum absolute atomic E-state index is 11.9. The first kappa shape index (κ1) is 9.50. The van der Waals surface area contributed by atoms with Gasteiger partial charge in [0.05, 0.1) is 11.8 Å². The van der Waals surface area contributed by atoms with Crippen LogP contribution < -0.4 is 0 Å². The van der Waals surface area contributed by atoms with Gasteiger partial charge in [-0.15, -0.1) is 0 Å². The van der Waals surface area contributed by atoms with E-state index in [1.165, 1.54) is 12.8 Å². The van der Waals surface area contributed by atoms with Crippen molar-refractivity contribution in [2.75, 3.05) is 0 Å². The SMILES string of the molecule is CC1CCCC(C(=O)c2ccoc2)C1. The summed E-state index contributed by atoms with van der Waals surface area (Å²) in [4.78, 5) is 11.9. The molecular formula is C12H16O2. The Labute approximate surface area is 84.3 Å². The predicted molar refractivity (Wildman–Crippen MR) is 54.2 cm³/mol. The Morgan fingerprint density at radius 3 is 3.00 bits per heavy atom. The van der Waals surface area contributed by atoms with Gasteiger partial charge in [-0.1, -0.05) is 19.8 Å². The van der Waals surface area contributed by atoms with Crippen LogP contribution in [0.25, 0.3) is 0 Å². The van der Waals surface area contributed by atoms with E-state index in [0.29, 0.717) is 5.92 Å². The number of ketones is 1. The van der Waals surface area contributed by atoms with Crippen molar-refractivity contribution in [3.8, 4) is 0 Å². The van der Waals surface area contributed by atoms with Crippen molar-refractivity contribution in [3.63, 3.8) is 0 Å². The standard InChI is InChI=1S/C12H16O2/c1-9-3-2-4-10(7-9)12(13)11-5-6-14-8-11/h5-6,8-10H,2-4,7H2,1H3. The summed E-state index contributed by atoms with van der Waals surface area (Å²) in [5, 5.41) is 0. The number of carbonyl (C=O) groups is 1. The summed E-state index contributed by atoms with van der Waals surface area (Å²) in [5.74, 6) is 1.20. The topological polar surface area (TPSA) is 30.2 Å². The quantitative estimate of drug-likeness (QED) is 0.673. The van der Waals surface area contributed by atoms with Gasteiger partial charge in [-0.05, 0) is 24.8 Å². The third-order valence-electron chi connectivity index (χ3n) is 3.11. The Balaban J connectivity index is 2.04. The van der Waals surface area contributed by atoms with E-state index in [0.717, 1.165) is 18.4 Å². The van der Waals surface area contributed by atoms with Crippen LogP contribution in [0, 0.1) is 11.8 Å². The summed E-state index contributed by atoms with van der Waals surface area (Å²) in [6.07, 6.45) is 7.68. The molecule has 1 aliphatic rings. The van der Waals surface area contributed by atoms with Gasteiger partial charge in [0.25, 0.3) is 0 Å². The number of hydrogen-bond donors (Lipinski definition) is 0. The molecule has 0 saturated heterocycles. The minimum Gasteiger partial charge on any atom is -0.472 e. The van der Waals surface area contributed by atoms with Gasteiger partial charge in [0, 0.05) is 5.92 Å². The lowest BCUT2D eigenvalue weighted by atomic mass is 9.79. The number of carbonyl (C=O) groups excluding carboxylic acids is 1. The Kier molecular flexibility index (Phi) is 2.71. The summed E-state index contributed by atoms with van der Waals surface area (Å²) in [6, 6.07) is 1.77. The summed E-state index contributed by atoms with van der Waals surface area (Å²) in [5.41, 5.74) is 0.740. The normalized spacial score (nSPS) is 27.5. The highest BCUT2D eigenvalue weighted by Gasteiger charge is 2.26. The van der Waals surface area contributed by atoms with E-state index in [4.69, 9.17) is 4.42 Å². The van der Waals surface area contributed by atoms with E-state index in [2.05, 4.69) is 6.92 Å². The van der Waals surface area contributed by atoms with Crippen LogP contribution in [0.1, 0.15) is 43.0 Å². The fraction of sp³-hybridized carbons (Fsp3) is 0.583. The maximum atomic E-state index is 11.9. The van der Waals surface area contributed by atoms with Gasteiger partial charge in [-0.3, -0.25) is 4.79 Å². The second kappa shape index (κ2) is 3.99. The molecular weight excluding hydrogens is 176 g/mol. The molecule has 0 amide bonds. The molecule has 2 rings (SSSR count). The molecule has 1 aromatic rings. The number of rotatable bonds is 2. The molecule has 76 valence electrons. The van der Waals surface area contributed by atoms with Gasteiger partial charge < -0.3 is 4.42 Å². The Hall–Kier alpha value is -1.05. The molecule has 2 atom stereocenters. The molecule has 0 N–H and O–H groups in total. The molecule has 0 bridgehead atoms. The molecule has 1 heterocycles. The minimum absolute atomic E-state index is 0.233. The van der Waals surface area contributed by atoms with Crippen molar-refractivity contribution < 1.29 is 9.21 Å². The van der Waals surface area contributed by atoms with E-state index in [-0.39, 0.29) is 11.7 Å². The highest BCUT2D eigenvalue weighted by molar-refractivity contribution is 5.97. The zero-order chi connectivity index (χ0) is 9.97. The molecule has 0 radical (unpaired) electrons. The average molecular weight is 192 g/mol. The number of hydrogen-bond acceptors (Lipinski definition) is 2. The van der Waals surface area contributed by atoms with E-state index in [9.17, 15) is 4.79 Å². The second-order valence-corrected chi connectivity index (χ2v) is 4.34. The van der Waals surface area contributed by atoms with Crippen LogP contribution in [-0.2, 0) is 0 Å². The molecule has 1 fully saturated rings. The van der Waals surface area contributed by atoms with Crippen molar-refractivity contribution in [1.29, 1.82) is 0 Å². The number of Topliss-reactive ketones (excluding diaryl/α,β-unsaturated/α-hetero) is 1. The van der Waals surface area contributed by atoms with E-state index in [1.807, 2.05) is 0 Å². The fourth-order valence-electron chi connectivity index (χ4n) is 2.31. The molecule has 2 heteroatoms. The third kappa shape index (κ3) is 1.89. The van der Waals surface area contributed by atoms with Crippen molar-refractivity contribution >= 4 is 5.78 Å². The minimum atomic E-state index is 0.233. The summed E-state index contributed by atoms with van der Waals surface area (Å²) < 4.78 is 4.93. The highest BCUT2D eigenvalue weighted by atomic mass is 16.3. The molecule has 1 saturated carbocycles. The lowest BCUT2D eigenvalue weighted by Crippen LogP contribution is -2.21. The van der Waals surface area contributed by atoms with Crippen molar-refractivity contribution in [1.82, 2.24) is 0 Å². The molecule has 2 unspecified atom stereocenters. The van der Waals surface area contributed by atoms with Crippen LogP contribution in [0.3, 0.4) is 0 Å². The van der Waals surface area contributed by atoms with Crippen LogP contribution in [0.2, 0.25) is 0 Å². The van der Waals surface area contributed by atoms with E-state index in [1.54, 1.807) is 18.6 Å². The zero-order valence-corrected chi connectivity index (χ0v) is 8.53. The molecule has 2 nitrogen and oxygen atoms in total. The first-order chi connectivity index (χ1) is 6.77. The molecule has 1 aliphatic carbocycles. The largest absolute Gasteiger partial charge is 0.472 e. The second-order valence-electron chi connectivity index (χ2n) is 4.34. The van der Waals surface area contributed by atoms with Gasteiger partial charge in [0.2, 0.25) is 0 Å². The van der Waals surface area contributed by atoms with Crippen molar-refractivity contribution in [3.05, 3.63) is 24.2 Å². The van der Waals surface area contributed by atoms with Crippen LogP contribution in [-0.4, -0.2) is 5.78 Å². The number of furan rings is 1. The molecule has 14 heavy (non-hydrogen) atoms. The summed E-state index contributed by atoms with van der Waals surface area (Å²) >= 11 is 0. The molecule has 0 aliphatic heterocycles. The van der Waals surface area contributed by atoms with Crippen molar-refractivity contribution in [2.24, 2.45) is 11.8 Å². The Morgan fingerprint density at radius 1 is 1.50 bits per heavy atom. The van der Waals surface area contributed by atoms with Gasteiger partial charge >= 0.3 is 0 Å². The predicted octanol–water partition coefficient (Wildman–Crippen LogP) is 3.29. The highest BCUT2D eigenvalue weighted by Crippen LogP contribution is 2.30. The van der Waals surface area contributed by atoms with E-state index >= 15 is 0 Å². The Bertz CT molecular complexity index is 300. The molecule has 1 aromatic heterocycles. The molecule has 0 spiro atoms. The lowest BCUT2D eigenvalue weighted by Gasteiger charge is -2.25. The van der Waals surface area contributed by atoms with Crippen molar-refractivity contribution in [2.45, 2.75) is 32.6 Å². The van der Waals surface area contributed by atoms with Crippen LogP contribution in [0.5, 0.6) is 0 Å². The van der Waals surface area contributed by atoms with Gasteiger partial charge in [0.1, 0.15) is 6.26 Å². The van der Waals surface area contributed by atoms with Gasteiger partial charge in [-0.25, -0.2) is 0 Å². The zero-order valence-electron chi connectivity index (χ0n) is 8.53. The first-order valence-corrected chi connectivity index (χ1v) is 5.34. The maximum Gasteiger partial charge on any atom is 0.169 e. The van der Waals surface area contributed by atoms with E-state index < -0.39 is 0 Å². The van der Waals surface area contributed by atoms with Crippen LogP contribution in [0.4, 0.5) is 0 Å². The Morgan fingerprint density at radius 2 is 2.36 bits per heavy atom. The first-order valence-electron chi connectivity index (χ1n) is 5.34. The fourth-order valence-corrected chi connectivity index (χ4v) is 2.31. The smallest absolute Gasteiger partial charge is 0.169 e. The van der Waals surface area contributed by atoms with Gasteiger partial charge in [0.15, 0.2) is 5.78 Å². The van der Waals surface area contributed by atoms with Crippen LogP contribution >= 0.6 is 0 Å². The van der Waals surface area contributed by atoms with Gasteiger partial charge in [-0.2, -0.15) is 0 Å². The summed E-state index contributed by atoms with van der Waals surface area (Å²) in [6.45, 7) is 2.23. The summed E-state index contributed by atoms with van der Waals surface area (Å²) in [7, 11) is 0. The lowest BCUT2D eigenvalue weighted by molar-refractivity contribution is 0.0867. The third-order valence-corrected chi connectivity index (χ3v) is 3.11. The molecule has 0 aromatic carbocycles. The monoisotopic (exact) mass is 192 g/mol. The average Bonchev–Trinajstić information content (AvgIpc) is 2.69. The van der Waals surface area contributed by atoms with Crippen LogP contribution in [0.15, 0.2) is 23.0 Å².